The average molecular weight is 516 g/mol. The van der Waals surface area contributed by atoms with E-state index in [1.165, 1.54) is 5.01 Å². The van der Waals surface area contributed by atoms with Gasteiger partial charge in [-0.2, -0.15) is 0 Å². The molecule has 1 aliphatic rings. The lowest BCUT2D eigenvalue weighted by Gasteiger charge is -2.39. The first kappa shape index (κ1) is 23.1. The molecule has 0 amide bonds. The molecule has 156 valence electrons. The lowest BCUT2D eigenvalue weighted by molar-refractivity contribution is 0.189. The zero-order valence-corrected chi connectivity index (χ0v) is 20.7. The molecule has 0 radical (unpaired) electrons. The second kappa shape index (κ2) is 10.0. The van der Waals surface area contributed by atoms with Gasteiger partial charge in [-0.05, 0) is 19.3 Å². The van der Waals surface area contributed by atoms with Crippen molar-refractivity contribution in [3.8, 4) is 0 Å². The summed E-state index contributed by atoms with van der Waals surface area (Å²) in [5.41, 5.74) is 1.15. The number of piperidine rings is 1. The number of likely N-dealkylation sites (tertiary alicyclic amines) is 1. The van der Waals surface area contributed by atoms with Gasteiger partial charge in [-0.25, -0.2) is 15.0 Å². The molecule has 28 heavy (non-hydrogen) atoms. The van der Waals surface area contributed by atoms with Crippen molar-refractivity contribution in [2.45, 2.75) is 59.0 Å². The van der Waals surface area contributed by atoms with E-state index in [1.807, 2.05) is 12.5 Å². The number of halogens is 1. The number of thiazole rings is 1. The van der Waals surface area contributed by atoms with Crippen LogP contribution in [0.15, 0.2) is 29.1 Å². The monoisotopic (exact) mass is 516 g/mol. The molecule has 0 aromatic carbocycles. The summed E-state index contributed by atoms with van der Waals surface area (Å²) in [7, 11) is 0. The number of aliphatic imine (C=N–C) groups is 1. The first-order chi connectivity index (χ1) is 12.9. The Bertz CT molecular complexity index is 749. The standard InChI is InChI=1S/C20H32N6S.HI/c1-6-22-19(23-11-16-13-27-18(24-16)20(3,4)5)25-9-7-15(2)17(12-25)26-10-8-21-14-26;/h8,10,13-15,17H,6-7,9,11-12H2,1-5H3,(H,22,23);1H. The highest BCUT2D eigenvalue weighted by Gasteiger charge is 2.29. The molecule has 6 nitrogen and oxygen atoms in total. The molecular weight excluding hydrogens is 483 g/mol. The average Bonchev–Trinajstić information content (AvgIpc) is 3.30. The van der Waals surface area contributed by atoms with E-state index < -0.39 is 0 Å². The Balaban J connectivity index is 0.00000280. The fourth-order valence-electron chi connectivity index (χ4n) is 3.40. The summed E-state index contributed by atoms with van der Waals surface area (Å²) in [6.07, 6.45) is 7.01. The van der Waals surface area contributed by atoms with Crippen LogP contribution in [0.2, 0.25) is 0 Å². The number of imidazole rings is 1. The van der Waals surface area contributed by atoms with Crippen molar-refractivity contribution in [2.24, 2.45) is 10.9 Å². The maximum Gasteiger partial charge on any atom is 0.194 e. The van der Waals surface area contributed by atoms with E-state index in [0.29, 0.717) is 18.5 Å². The SMILES string of the molecule is CCNC(=NCc1csc(C(C)(C)C)n1)N1CCC(C)C(n2ccnc2)C1.I. The fraction of sp³-hybridized carbons (Fsp3) is 0.650. The van der Waals surface area contributed by atoms with Gasteiger partial charge < -0.3 is 14.8 Å². The largest absolute Gasteiger partial charge is 0.357 e. The molecule has 2 unspecified atom stereocenters. The molecule has 0 aliphatic carbocycles. The van der Waals surface area contributed by atoms with E-state index in [2.05, 4.69) is 66.0 Å². The third-order valence-electron chi connectivity index (χ3n) is 5.05. The molecule has 0 saturated carbocycles. The number of nitrogens with zero attached hydrogens (tertiary/aromatic N) is 5. The summed E-state index contributed by atoms with van der Waals surface area (Å²) in [6.45, 7) is 14.5. The zero-order valence-electron chi connectivity index (χ0n) is 17.6. The van der Waals surface area contributed by atoms with Crippen molar-refractivity contribution in [1.29, 1.82) is 0 Å². The molecule has 0 spiro atoms. The van der Waals surface area contributed by atoms with Gasteiger partial charge in [0.2, 0.25) is 0 Å². The van der Waals surface area contributed by atoms with Crippen LogP contribution in [0.5, 0.6) is 0 Å². The van der Waals surface area contributed by atoms with Gasteiger partial charge in [-0.15, -0.1) is 35.3 Å². The van der Waals surface area contributed by atoms with Crippen LogP contribution >= 0.6 is 35.3 Å². The van der Waals surface area contributed by atoms with Gasteiger partial charge in [0.1, 0.15) is 0 Å². The Morgan fingerprint density at radius 3 is 2.79 bits per heavy atom. The van der Waals surface area contributed by atoms with Gasteiger partial charge in [0.25, 0.3) is 0 Å². The predicted molar refractivity (Wildman–Crippen MR) is 128 cm³/mol. The Morgan fingerprint density at radius 1 is 1.39 bits per heavy atom. The molecule has 2 aromatic heterocycles. The fourth-order valence-corrected chi connectivity index (χ4v) is 4.30. The summed E-state index contributed by atoms with van der Waals surface area (Å²) in [5.74, 6) is 1.62. The van der Waals surface area contributed by atoms with E-state index in [-0.39, 0.29) is 29.4 Å². The topological polar surface area (TPSA) is 58.3 Å². The zero-order chi connectivity index (χ0) is 19.4. The van der Waals surface area contributed by atoms with Crippen molar-refractivity contribution >= 4 is 41.3 Å². The molecule has 8 heteroatoms. The third kappa shape index (κ3) is 5.68. The Kier molecular flexibility index (Phi) is 8.30. The van der Waals surface area contributed by atoms with E-state index in [1.54, 1.807) is 11.3 Å². The molecule has 1 aliphatic heterocycles. The van der Waals surface area contributed by atoms with E-state index in [4.69, 9.17) is 9.98 Å². The quantitative estimate of drug-likeness (QED) is 0.374. The summed E-state index contributed by atoms with van der Waals surface area (Å²) >= 11 is 1.73. The minimum absolute atomic E-state index is 0. The molecule has 1 saturated heterocycles. The van der Waals surface area contributed by atoms with E-state index >= 15 is 0 Å². The smallest absolute Gasteiger partial charge is 0.194 e. The van der Waals surface area contributed by atoms with Crippen LogP contribution in [0, 0.1) is 5.92 Å². The minimum Gasteiger partial charge on any atom is -0.357 e. The van der Waals surface area contributed by atoms with Crippen molar-refractivity contribution in [2.75, 3.05) is 19.6 Å². The first-order valence-corrected chi connectivity index (χ1v) is 10.7. The highest BCUT2D eigenvalue weighted by Crippen LogP contribution is 2.28. The second-order valence-electron chi connectivity index (χ2n) is 8.35. The molecule has 3 heterocycles. The number of hydrogen-bond donors (Lipinski definition) is 1. The lowest BCUT2D eigenvalue weighted by atomic mass is 9.93. The predicted octanol–water partition coefficient (Wildman–Crippen LogP) is 4.30. The van der Waals surface area contributed by atoms with E-state index in [0.717, 1.165) is 37.7 Å². The van der Waals surface area contributed by atoms with Crippen LogP contribution in [0.3, 0.4) is 0 Å². The Hall–Kier alpha value is -1.16. The maximum atomic E-state index is 4.89. The summed E-state index contributed by atoms with van der Waals surface area (Å²) < 4.78 is 2.23. The van der Waals surface area contributed by atoms with Crippen LogP contribution in [-0.2, 0) is 12.0 Å². The van der Waals surface area contributed by atoms with Crippen LogP contribution in [0.4, 0.5) is 0 Å². The lowest BCUT2D eigenvalue weighted by Crippen LogP contribution is -2.49. The molecule has 2 aromatic rings. The number of hydrogen-bond acceptors (Lipinski definition) is 4. The van der Waals surface area contributed by atoms with Crippen LogP contribution in [-0.4, -0.2) is 45.0 Å². The van der Waals surface area contributed by atoms with Crippen molar-refractivity contribution in [1.82, 2.24) is 24.8 Å². The van der Waals surface area contributed by atoms with Crippen molar-refractivity contribution < 1.29 is 0 Å². The van der Waals surface area contributed by atoms with Gasteiger partial charge in [0.15, 0.2) is 5.96 Å². The first-order valence-electron chi connectivity index (χ1n) is 9.84. The number of aromatic nitrogens is 3. The Labute approximate surface area is 189 Å². The van der Waals surface area contributed by atoms with Crippen molar-refractivity contribution in [3.63, 3.8) is 0 Å². The summed E-state index contributed by atoms with van der Waals surface area (Å²) in [4.78, 5) is 16.3. The molecule has 1 N–H and O–H groups in total. The molecular formula is C20H33IN6S. The molecule has 1 fully saturated rings. The maximum absolute atomic E-state index is 4.89. The molecule has 3 rings (SSSR count). The second-order valence-corrected chi connectivity index (χ2v) is 9.21. The van der Waals surface area contributed by atoms with Crippen LogP contribution < -0.4 is 5.32 Å². The van der Waals surface area contributed by atoms with Gasteiger partial charge in [0, 0.05) is 42.8 Å². The highest BCUT2D eigenvalue weighted by molar-refractivity contribution is 14.0. The van der Waals surface area contributed by atoms with Gasteiger partial charge in [0.05, 0.1) is 29.6 Å². The van der Waals surface area contributed by atoms with Crippen LogP contribution in [0.1, 0.15) is 57.8 Å². The molecule has 2 atom stereocenters. The highest BCUT2D eigenvalue weighted by atomic mass is 127. The third-order valence-corrected chi connectivity index (χ3v) is 6.36. The Morgan fingerprint density at radius 2 is 2.18 bits per heavy atom. The van der Waals surface area contributed by atoms with E-state index in [9.17, 15) is 0 Å². The minimum atomic E-state index is 0. The normalized spacial score (nSPS) is 20.8. The van der Waals surface area contributed by atoms with Gasteiger partial charge in [-0.3, -0.25) is 0 Å². The number of rotatable bonds is 4. The summed E-state index contributed by atoms with van der Waals surface area (Å²) in [6, 6.07) is 0.428. The van der Waals surface area contributed by atoms with Gasteiger partial charge >= 0.3 is 0 Å². The number of guanidine groups is 1. The van der Waals surface area contributed by atoms with Crippen molar-refractivity contribution in [3.05, 3.63) is 34.8 Å². The van der Waals surface area contributed by atoms with Crippen LogP contribution in [0.25, 0.3) is 0 Å². The molecule has 0 bridgehead atoms. The number of nitrogens with one attached hydrogen (secondary N) is 1. The summed E-state index contributed by atoms with van der Waals surface area (Å²) in [5, 5.41) is 6.78. The van der Waals surface area contributed by atoms with Gasteiger partial charge in [-0.1, -0.05) is 27.7 Å².